The van der Waals surface area contributed by atoms with Crippen LogP contribution in [0.2, 0.25) is 0 Å². The van der Waals surface area contributed by atoms with Gasteiger partial charge in [-0.15, -0.1) is 0 Å². The fourth-order valence-electron chi connectivity index (χ4n) is 2.62. The van der Waals surface area contributed by atoms with Crippen LogP contribution >= 0.6 is 0 Å². The Morgan fingerprint density at radius 2 is 1.77 bits per heavy atom. The number of halogens is 1. The first kappa shape index (κ1) is 19.9. The minimum atomic E-state index is -3.45. The number of rotatable bonds is 8. The number of aryl methyl sites for hydroxylation is 1. The molecule has 140 valence electrons. The van der Waals surface area contributed by atoms with Gasteiger partial charge in [0.15, 0.2) is 0 Å². The number of carbonyl (C=O) groups is 1. The van der Waals surface area contributed by atoms with Gasteiger partial charge in [-0.25, -0.2) is 12.8 Å². The molecule has 1 amide bonds. The lowest BCUT2D eigenvalue weighted by Crippen LogP contribution is -2.32. The first-order chi connectivity index (χ1) is 12.3. The Morgan fingerprint density at radius 3 is 2.42 bits per heavy atom. The number of anilines is 1. The molecule has 0 radical (unpaired) electrons. The summed E-state index contributed by atoms with van der Waals surface area (Å²) in [5.74, 6) is -0.609. The maximum atomic E-state index is 13.5. The van der Waals surface area contributed by atoms with Crippen molar-refractivity contribution < 1.29 is 17.6 Å². The van der Waals surface area contributed by atoms with Gasteiger partial charge >= 0.3 is 0 Å². The summed E-state index contributed by atoms with van der Waals surface area (Å²) in [7, 11) is -3.45. The number of sulfonamides is 1. The lowest BCUT2D eigenvalue weighted by atomic mass is 10.2. The molecule has 0 saturated carbocycles. The highest BCUT2D eigenvalue weighted by atomic mass is 32.2. The van der Waals surface area contributed by atoms with Crippen molar-refractivity contribution >= 4 is 21.6 Å². The topological polar surface area (TPSA) is 66.5 Å². The third-order valence-electron chi connectivity index (χ3n) is 3.98. The fraction of sp³-hybridized carbons (Fsp3) is 0.316. The van der Waals surface area contributed by atoms with Crippen molar-refractivity contribution in [1.29, 1.82) is 0 Å². The van der Waals surface area contributed by atoms with Gasteiger partial charge in [0.1, 0.15) is 5.82 Å². The van der Waals surface area contributed by atoms with Crippen molar-refractivity contribution in [3.8, 4) is 0 Å². The lowest BCUT2D eigenvalue weighted by Gasteiger charge is -2.24. The first-order valence-electron chi connectivity index (χ1n) is 8.32. The predicted molar refractivity (Wildman–Crippen MR) is 101 cm³/mol. The number of nitrogens with zero attached hydrogens (tertiary/aromatic N) is 1. The molecule has 0 bridgehead atoms. The summed E-state index contributed by atoms with van der Waals surface area (Å²) in [6.45, 7) is 2.16. The lowest BCUT2D eigenvalue weighted by molar-refractivity contribution is -0.121. The summed E-state index contributed by atoms with van der Waals surface area (Å²) in [6, 6.07) is 13.5. The maximum Gasteiger partial charge on any atom is 0.232 e. The second-order valence-electron chi connectivity index (χ2n) is 6.09. The summed E-state index contributed by atoms with van der Waals surface area (Å²) >= 11 is 0. The molecule has 2 rings (SSSR count). The second-order valence-corrected chi connectivity index (χ2v) is 8.00. The first-order valence-corrected chi connectivity index (χ1v) is 10.2. The highest BCUT2D eigenvalue weighted by Gasteiger charge is 2.19. The monoisotopic (exact) mass is 378 g/mol. The van der Waals surface area contributed by atoms with Crippen LogP contribution in [0.25, 0.3) is 0 Å². The average molecular weight is 378 g/mol. The van der Waals surface area contributed by atoms with E-state index in [-0.39, 0.29) is 31.2 Å². The van der Waals surface area contributed by atoms with E-state index in [9.17, 15) is 17.6 Å². The zero-order chi connectivity index (χ0) is 19.2. The molecule has 0 aromatic heterocycles. The Hall–Kier alpha value is -2.41. The third-order valence-corrected chi connectivity index (χ3v) is 5.16. The Labute approximate surface area is 153 Å². The smallest absolute Gasteiger partial charge is 0.232 e. The van der Waals surface area contributed by atoms with E-state index in [2.05, 4.69) is 5.32 Å². The molecule has 0 heterocycles. The molecule has 0 aliphatic carbocycles. The van der Waals surface area contributed by atoms with Gasteiger partial charge in [-0.05, 0) is 31.0 Å². The Bertz CT molecular complexity index is 869. The van der Waals surface area contributed by atoms with Crippen LogP contribution in [0.4, 0.5) is 10.1 Å². The second kappa shape index (κ2) is 8.80. The molecule has 26 heavy (non-hydrogen) atoms. The standard InChI is InChI=1S/C19H23FN2O3S/c1-15-8-3-6-11-18(15)22(26(2,24)25)13-7-12-19(23)21-14-16-9-4-5-10-17(16)20/h3-6,8-11H,7,12-14H2,1-2H3,(H,21,23). The van der Waals surface area contributed by atoms with Crippen molar-refractivity contribution in [3.63, 3.8) is 0 Å². The Balaban J connectivity index is 1.91. The molecular formula is C19H23FN2O3S. The van der Waals surface area contributed by atoms with Crippen LogP contribution in [0, 0.1) is 12.7 Å². The minimum Gasteiger partial charge on any atom is -0.352 e. The number of para-hydroxylation sites is 1. The number of hydrogen-bond donors (Lipinski definition) is 1. The fourth-order valence-corrected chi connectivity index (χ4v) is 3.64. The van der Waals surface area contributed by atoms with Crippen molar-refractivity contribution in [2.75, 3.05) is 17.1 Å². The highest BCUT2D eigenvalue weighted by molar-refractivity contribution is 7.92. The van der Waals surface area contributed by atoms with E-state index >= 15 is 0 Å². The van der Waals surface area contributed by atoms with Crippen LogP contribution in [0.3, 0.4) is 0 Å². The van der Waals surface area contributed by atoms with E-state index < -0.39 is 10.0 Å². The average Bonchev–Trinajstić information content (AvgIpc) is 2.58. The molecule has 0 aliphatic heterocycles. The molecule has 0 saturated heterocycles. The summed E-state index contributed by atoms with van der Waals surface area (Å²) in [5.41, 5.74) is 1.88. The molecule has 2 aromatic rings. The molecule has 5 nitrogen and oxygen atoms in total. The number of hydrogen-bond acceptors (Lipinski definition) is 3. The van der Waals surface area contributed by atoms with Crippen molar-refractivity contribution in [2.24, 2.45) is 0 Å². The van der Waals surface area contributed by atoms with Crippen LogP contribution in [0.5, 0.6) is 0 Å². The van der Waals surface area contributed by atoms with E-state index in [0.717, 1.165) is 11.8 Å². The van der Waals surface area contributed by atoms with E-state index in [1.54, 1.807) is 30.3 Å². The van der Waals surface area contributed by atoms with Crippen molar-refractivity contribution in [2.45, 2.75) is 26.3 Å². The van der Waals surface area contributed by atoms with Gasteiger partial charge in [0.2, 0.25) is 15.9 Å². The van der Waals surface area contributed by atoms with Gasteiger partial charge in [-0.3, -0.25) is 9.10 Å². The molecule has 0 aliphatic rings. The number of nitrogens with one attached hydrogen (secondary N) is 1. The molecular weight excluding hydrogens is 355 g/mol. The van der Waals surface area contributed by atoms with Crippen LogP contribution in [-0.4, -0.2) is 27.1 Å². The summed E-state index contributed by atoms with van der Waals surface area (Å²) in [5, 5.41) is 2.66. The molecule has 7 heteroatoms. The largest absolute Gasteiger partial charge is 0.352 e. The Kier molecular flexibility index (Phi) is 6.74. The number of benzene rings is 2. The normalized spacial score (nSPS) is 11.2. The van der Waals surface area contributed by atoms with Crippen LogP contribution in [-0.2, 0) is 21.4 Å². The van der Waals surface area contributed by atoms with E-state index in [0.29, 0.717) is 17.7 Å². The zero-order valence-electron chi connectivity index (χ0n) is 14.9. The third kappa shape index (κ3) is 5.56. The predicted octanol–water partition coefficient (Wildman–Crippen LogP) is 3.00. The summed E-state index contributed by atoms with van der Waals surface area (Å²) < 4.78 is 39.0. The van der Waals surface area contributed by atoms with Crippen LogP contribution < -0.4 is 9.62 Å². The highest BCUT2D eigenvalue weighted by Crippen LogP contribution is 2.22. The molecule has 0 spiro atoms. The van der Waals surface area contributed by atoms with E-state index in [1.807, 2.05) is 19.1 Å². The zero-order valence-corrected chi connectivity index (χ0v) is 15.7. The number of carbonyl (C=O) groups excluding carboxylic acids is 1. The summed E-state index contributed by atoms with van der Waals surface area (Å²) in [4.78, 5) is 12.0. The van der Waals surface area contributed by atoms with Gasteiger partial charge in [-0.1, -0.05) is 36.4 Å². The molecule has 2 aromatic carbocycles. The molecule has 0 fully saturated rings. The van der Waals surface area contributed by atoms with Crippen molar-refractivity contribution in [3.05, 3.63) is 65.5 Å². The van der Waals surface area contributed by atoms with Crippen molar-refractivity contribution in [1.82, 2.24) is 5.32 Å². The molecule has 0 unspecified atom stereocenters. The molecule has 0 atom stereocenters. The van der Waals surface area contributed by atoms with Crippen LogP contribution in [0.1, 0.15) is 24.0 Å². The maximum absolute atomic E-state index is 13.5. The van der Waals surface area contributed by atoms with Gasteiger partial charge in [0.05, 0.1) is 11.9 Å². The quantitative estimate of drug-likeness (QED) is 0.768. The van der Waals surface area contributed by atoms with E-state index in [4.69, 9.17) is 0 Å². The van der Waals surface area contributed by atoms with Gasteiger partial charge in [-0.2, -0.15) is 0 Å². The van der Waals surface area contributed by atoms with Gasteiger partial charge in [0, 0.05) is 25.1 Å². The Morgan fingerprint density at radius 1 is 1.12 bits per heavy atom. The minimum absolute atomic E-state index is 0.110. The van der Waals surface area contributed by atoms with Gasteiger partial charge < -0.3 is 5.32 Å². The van der Waals surface area contributed by atoms with Gasteiger partial charge in [0.25, 0.3) is 0 Å². The summed E-state index contributed by atoms with van der Waals surface area (Å²) in [6.07, 6.45) is 1.68. The SMILES string of the molecule is Cc1ccccc1N(CCCC(=O)NCc1ccccc1F)S(C)(=O)=O. The van der Waals surface area contributed by atoms with Crippen LogP contribution in [0.15, 0.2) is 48.5 Å². The number of amides is 1. The van der Waals surface area contributed by atoms with E-state index in [1.165, 1.54) is 10.4 Å². The molecule has 1 N–H and O–H groups in total.